The summed E-state index contributed by atoms with van der Waals surface area (Å²) in [7, 11) is 3.25. The molecule has 1 unspecified atom stereocenters. The molecule has 0 amide bonds. The Hall–Kier alpha value is -2.01. The van der Waals surface area contributed by atoms with E-state index < -0.39 is 0 Å². The lowest BCUT2D eigenvalue weighted by atomic mass is 10.0. The zero-order chi connectivity index (χ0) is 17.8. The van der Waals surface area contributed by atoms with Crippen LogP contribution >= 0.6 is 0 Å². The van der Waals surface area contributed by atoms with Crippen molar-refractivity contribution in [1.29, 1.82) is 0 Å². The van der Waals surface area contributed by atoms with Gasteiger partial charge in [0.15, 0.2) is 11.5 Å². The van der Waals surface area contributed by atoms with Crippen molar-refractivity contribution in [1.82, 2.24) is 10.3 Å². The zero-order valence-electron chi connectivity index (χ0n) is 15.5. The first-order valence-electron chi connectivity index (χ1n) is 9.17. The second kappa shape index (κ2) is 7.91. The molecule has 5 heteroatoms. The van der Waals surface area contributed by atoms with Gasteiger partial charge in [-0.25, -0.2) is 0 Å². The van der Waals surface area contributed by atoms with Gasteiger partial charge in [-0.15, -0.1) is 0 Å². The van der Waals surface area contributed by atoms with Crippen molar-refractivity contribution < 1.29 is 9.47 Å². The van der Waals surface area contributed by atoms with Crippen LogP contribution in [0.4, 0.5) is 5.69 Å². The van der Waals surface area contributed by atoms with Gasteiger partial charge in [0.1, 0.15) is 0 Å². The predicted molar refractivity (Wildman–Crippen MR) is 103 cm³/mol. The minimum atomic E-state index is 0.690. The maximum absolute atomic E-state index is 6.25. The lowest BCUT2D eigenvalue weighted by molar-refractivity contribution is 0.356. The number of rotatable bonds is 2. The molecule has 0 saturated carbocycles. The lowest BCUT2D eigenvalue weighted by Crippen LogP contribution is -2.27. The molecule has 1 aliphatic carbocycles. The van der Waals surface area contributed by atoms with Crippen molar-refractivity contribution >= 4 is 16.6 Å². The van der Waals surface area contributed by atoms with Crippen LogP contribution in [0.3, 0.4) is 0 Å². The summed E-state index contributed by atoms with van der Waals surface area (Å²) in [5, 5.41) is 4.29. The second-order valence-corrected chi connectivity index (χ2v) is 6.98. The number of methoxy groups -OCH3 is 2. The maximum atomic E-state index is 6.25. The first kappa shape index (κ1) is 17.8. The third-order valence-corrected chi connectivity index (χ3v) is 5.10. The van der Waals surface area contributed by atoms with Crippen molar-refractivity contribution in [3.05, 3.63) is 23.4 Å². The number of aryl methyl sites for hydroxylation is 1. The van der Waals surface area contributed by atoms with E-state index in [9.17, 15) is 0 Å². The SMILES string of the molecule is CC1CCCNC1.COc1cc2nc3c(c(N)c2cc1OC)CCC3. The third-order valence-electron chi connectivity index (χ3n) is 5.10. The fraction of sp³-hybridized carbons (Fsp3) is 0.550. The number of benzene rings is 1. The molecule has 0 radical (unpaired) electrons. The van der Waals surface area contributed by atoms with Gasteiger partial charge >= 0.3 is 0 Å². The number of nitrogens with zero attached hydrogens (tertiary/aromatic N) is 1. The number of hydrogen-bond acceptors (Lipinski definition) is 5. The predicted octanol–water partition coefficient (Wildman–Crippen LogP) is 3.33. The average Bonchev–Trinajstić information content (AvgIpc) is 3.11. The Kier molecular flexibility index (Phi) is 5.63. The first-order chi connectivity index (χ1) is 12.1. The van der Waals surface area contributed by atoms with Crippen LogP contribution in [0.15, 0.2) is 12.1 Å². The summed E-state index contributed by atoms with van der Waals surface area (Å²) in [6.45, 7) is 4.77. The van der Waals surface area contributed by atoms with Gasteiger partial charge in [0, 0.05) is 22.8 Å². The van der Waals surface area contributed by atoms with E-state index >= 15 is 0 Å². The molecule has 0 spiro atoms. The van der Waals surface area contributed by atoms with Gasteiger partial charge in [-0.2, -0.15) is 0 Å². The molecular formula is C20H29N3O2. The largest absolute Gasteiger partial charge is 0.493 e. The van der Waals surface area contributed by atoms with E-state index in [4.69, 9.17) is 15.2 Å². The van der Waals surface area contributed by atoms with Crippen LogP contribution in [0.2, 0.25) is 0 Å². The minimum absolute atomic E-state index is 0.690. The molecule has 2 aromatic rings. The van der Waals surface area contributed by atoms with Crippen molar-refractivity contribution in [2.24, 2.45) is 5.92 Å². The van der Waals surface area contributed by atoms with Gasteiger partial charge in [-0.05, 0) is 62.7 Å². The molecule has 2 heterocycles. The zero-order valence-corrected chi connectivity index (χ0v) is 15.5. The second-order valence-electron chi connectivity index (χ2n) is 6.98. The highest BCUT2D eigenvalue weighted by atomic mass is 16.5. The number of aromatic nitrogens is 1. The summed E-state index contributed by atoms with van der Waals surface area (Å²) in [5.41, 5.74) is 10.3. The quantitative estimate of drug-likeness (QED) is 0.875. The number of hydrogen-bond donors (Lipinski definition) is 2. The van der Waals surface area contributed by atoms with Gasteiger partial charge in [0.05, 0.1) is 19.7 Å². The van der Waals surface area contributed by atoms with Crippen LogP contribution in [-0.4, -0.2) is 32.3 Å². The summed E-state index contributed by atoms with van der Waals surface area (Å²) in [5.74, 6) is 2.31. The molecule has 1 atom stereocenters. The standard InChI is InChI=1S/C14H16N2O2.C6H13N/c1-17-12-6-9-11(7-13(12)18-2)16-10-5-3-4-8(10)14(9)15;1-6-3-2-4-7-5-6/h6-7H,3-5H2,1-2H3,(H2,15,16);6-7H,2-5H2,1H3. The van der Waals surface area contributed by atoms with Crippen LogP contribution in [-0.2, 0) is 12.8 Å². The molecule has 3 N–H and O–H groups in total. The molecule has 4 rings (SSSR count). The number of nitrogen functional groups attached to an aromatic ring is 1. The Morgan fingerprint density at radius 1 is 1.12 bits per heavy atom. The minimum Gasteiger partial charge on any atom is -0.493 e. The number of piperidine rings is 1. The number of ether oxygens (including phenoxy) is 2. The third kappa shape index (κ3) is 3.82. The molecule has 1 aromatic heterocycles. The average molecular weight is 343 g/mol. The molecular weight excluding hydrogens is 314 g/mol. The van der Waals surface area contributed by atoms with Crippen LogP contribution in [0.5, 0.6) is 11.5 Å². The van der Waals surface area contributed by atoms with E-state index in [0.717, 1.165) is 47.5 Å². The summed E-state index contributed by atoms with van der Waals surface area (Å²) in [6.07, 6.45) is 5.98. The molecule has 25 heavy (non-hydrogen) atoms. The number of nitrogens with one attached hydrogen (secondary N) is 1. The summed E-state index contributed by atoms with van der Waals surface area (Å²) in [4.78, 5) is 4.69. The molecule has 1 saturated heterocycles. The monoisotopic (exact) mass is 343 g/mol. The normalized spacial score (nSPS) is 19.1. The van der Waals surface area contributed by atoms with E-state index in [-0.39, 0.29) is 0 Å². The van der Waals surface area contributed by atoms with Gasteiger partial charge < -0.3 is 20.5 Å². The van der Waals surface area contributed by atoms with Crippen molar-refractivity contribution in [2.45, 2.75) is 39.0 Å². The fourth-order valence-electron chi connectivity index (χ4n) is 3.65. The van der Waals surface area contributed by atoms with Crippen LogP contribution in [0, 0.1) is 5.92 Å². The smallest absolute Gasteiger partial charge is 0.162 e. The summed E-state index contributed by atoms with van der Waals surface area (Å²) < 4.78 is 10.6. The van der Waals surface area contributed by atoms with Crippen LogP contribution in [0.1, 0.15) is 37.4 Å². The summed E-state index contributed by atoms with van der Waals surface area (Å²) >= 11 is 0. The van der Waals surface area contributed by atoms with E-state index in [1.165, 1.54) is 31.5 Å². The number of fused-ring (bicyclic) bond motifs is 2. The maximum Gasteiger partial charge on any atom is 0.162 e. The number of nitrogens with two attached hydrogens (primary N) is 1. The number of pyridine rings is 1. The van der Waals surface area contributed by atoms with E-state index in [0.29, 0.717) is 11.5 Å². The highest BCUT2D eigenvalue weighted by molar-refractivity contribution is 5.94. The van der Waals surface area contributed by atoms with E-state index in [1.807, 2.05) is 12.1 Å². The molecule has 136 valence electrons. The Bertz CT molecular complexity index is 740. The Labute approximate surface area is 149 Å². The van der Waals surface area contributed by atoms with Crippen molar-refractivity contribution in [3.8, 4) is 11.5 Å². The molecule has 1 aromatic carbocycles. The topological polar surface area (TPSA) is 69.4 Å². The Morgan fingerprint density at radius 3 is 2.48 bits per heavy atom. The van der Waals surface area contributed by atoms with Crippen molar-refractivity contribution in [3.63, 3.8) is 0 Å². The fourth-order valence-corrected chi connectivity index (χ4v) is 3.65. The van der Waals surface area contributed by atoms with Crippen molar-refractivity contribution in [2.75, 3.05) is 33.0 Å². The highest BCUT2D eigenvalue weighted by Gasteiger charge is 2.19. The molecule has 2 aliphatic rings. The van der Waals surface area contributed by atoms with Crippen LogP contribution < -0.4 is 20.5 Å². The molecule has 0 bridgehead atoms. The van der Waals surface area contributed by atoms with E-state index in [1.54, 1.807) is 14.2 Å². The highest BCUT2D eigenvalue weighted by Crippen LogP contribution is 2.37. The first-order valence-corrected chi connectivity index (χ1v) is 9.17. The lowest BCUT2D eigenvalue weighted by Gasteiger charge is -2.17. The van der Waals surface area contributed by atoms with Gasteiger partial charge in [-0.1, -0.05) is 6.92 Å². The summed E-state index contributed by atoms with van der Waals surface area (Å²) in [6, 6.07) is 3.80. The molecule has 5 nitrogen and oxygen atoms in total. The molecule has 1 fully saturated rings. The van der Waals surface area contributed by atoms with Gasteiger partial charge in [0.25, 0.3) is 0 Å². The Morgan fingerprint density at radius 2 is 1.88 bits per heavy atom. The Balaban J connectivity index is 0.000000219. The van der Waals surface area contributed by atoms with Gasteiger partial charge in [-0.3, -0.25) is 4.98 Å². The van der Waals surface area contributed by atoms with Gasteiger partial charge in [0.2, 0.25) is 0 Å². The van der Waals surface area contributed by atoms with E-state index in [2.05, 4.69) is 17.2 Å². The van der Waals surface area contributed by atoms with Crippen LogP contribution in [0.25, 0.3) is 10.9 Å². The molecule has 1 aliphatic heterocycles. The number of anilines is 1.